The summed E-state index contributed by atoms with van der Waals surface area (Å²) in [6.45, 7) is 5.03. The predicted octanol–water partition coefficient (Wildman–Crippen LogP) is 3.89. The summed E-state index contributed by atoms with van der Waals surface area (Å²) in [6.07, 6.45) is 3.24. The van der Waals surface area contributed by atoms with E-state index in [-0.39, 0.29) is 5.78 Å². The Hall–Kier alpha value is -2.91. The van der Waals surface area contributed by atoms with Crippen LogP contribution >= 0.6 is 11.8 Å². The minimum Gasteiger partial charge on any atom is -0.386 e. The van der Waals surface area contributed by atoms with E-state index in [1.165, 1.54) is 11.8 Å². The van der Waals surface area contributed by atoms with Crippen molar-refractivity contribution in [2.45, 2.75) is 55.2 Å². The first kappa shape index (κ1) is 21.9. The van der Waals surface area contributed by atoms with Crippen LogP contribution in [0.25, 0.3) is 0 Å². The van der Waals surface area contributed by atoms with Crippen LogP contribution in [0.15, 0.2) is 46.5 Å². The van der Waals surface area contributed by atoms with Gasteiger partial charge in [-0.2, -0.15) is 5.10 Å². The van der Waals surface area contributed by atoms with Crippen molar-refractivity contribution in [3.63, 3.8) is 0 Å². The normalized spacial score (nSPS) is 17.0. The molecule has 0 spiro atoms. The van der Waals surface area contributed by atoms with E-state index >= 15 is 0 Å². The molecule has 2 fully saturated rings. The first-order chi connectivity index (χ1) is 15.9. The molecule has 1 saturated heterocycles. The summed E-state index contributed by atoms with van der Waals surface area (Å²) in [5, 5.41) is 21.8. The Labute approximate surface area is 197 Å². The fourth-order valence-corrected chi connectivity index (χ4v) is 4.85. The number of rotatable bonds is 9. The smallest absolute Gasteiger partial charge is 0.196 e. The number of ketones is 1. The number of nitrogens with one attached hydrogen (secondary N) is 2. The van der Waals surface area contributed by atoms with E-state index in [2.05, 4.69) is 25.4 Å². The number of aromatic nitrogens is 4. The van der Waals surface area contributed by atoms with Crippen molar-refractivity contribution < 1.29 is 9.90 Å². The van der Waals surface area contributed by atoms with Crippen LogP contribution in [0.5, 0.6) is 0 Å². The van der Waals surface area contributed by atoms with Gasteiger partial charge in [0.05, 0.1) is 13.1 Å². The van der Waals surface area contributed by atoms with Gasteiger partial charge in [0.2, 0.25) is 0 Å². The largest absolute Gasteiger partial charge is 0.386 e. The summed E-state index contributed by atoms with van der Waals surface area (Å²) in [5.74, 6) is 2.79. The van der Waals surface area contributed by atoms with Crippen molar-refractivity contribution in [1.82, 2.24) is 20.2 Å². The Balaban J connectivity index is 1.36. The van der Waals surface area contributed by atoms with Crippen LogP contribution < -0.4 is 10.2 Å². The topological polar surface area (TPSA) is 107 Å². The Morgan fingerprint density at radius 1 is 1.21 bits per heavy atom. The molecule has 3 N–H and O–H groups in total. The van der Waals surface area contributed by atoms with Gasteiger partial charge in [-0.3, -0.25) is 9.89 Å². The van der Waals surface area contributed by atoms with Crippen LogP contribution in [-0.4, -0.2) is 49.7 Å². The molecule has 8 nitrogen and oxygen atoms in total. The lowest BCUT2D eigenvalue weighted by Gasteiger charge is -2.47. The molecule has 3 aromatic rings. The average Bonchev–Trinajstić information content (AvgIpc) is 3.55. The molecule has 33 heavy (non-hydrogen) atoms. The van der Waals surface area contributed by atoms with Gasteiger partial charge in [-0.15, -0.1) is 0 Å². The molecule has 0 radical (unpaired) electrons. The lowest BCUT2D eigenvalue weighted by molar-refractivity contribution is -0.118. The van der Waals surface area contributed by atoms with Crippen LogP contribution in [0.3, 0.4) is 0 Å². The first-order valence-electron chi connectivity index (χ1n) is 11.3. The minimum atomic E-state index is -0.586. The number of carbonyl (C=O) groups excluding carboxylic acids is 1. The SMILES string of the molecule is CCC(=O)Cc1ccc(Sc2nc(Nc3cc(C)[nH]n3)cc(N3CC(O)(C4CC4)C3)n2)cc1. The maximum Gasteiger partial charge on any atom is 0.196 e. The number of nitrogens with zero attached hydrogens (tertiary/aromatic N) is 4. The highest BCUT2D eigenvalue weighted by Crippen LogP contribution is 2.45. The Morgan fingerprint density at radius 3 is 2.61 bits per heavy atom. The third-order valence-electron chi connectivity index (χ3n) is 6.17. The van der Waals surface area contributed by atoms with E-state index in [0.29, 0.717) is 48.6 Å². The fourth-order valence-electron chi connectivity index (χ4n) is 4.09. The number of H-pyrrole nitrogens is 1. The minimum absolute atomic E-state index is 0.233. The molecular weight excluding hydrogens is 436 g/mol. The van der Waals surface area contributed by atoms with Gasteiger partial charge in [0, 0.05) is 35.6 Å². The second-order valence-electron chi connectivity index (χ2n) is 9.00. The number of Topliss-reactive ketones (excluding diaryl/α,β-unsaturated/α-hetero) is 1. The van der Waals surface area contributed by atoms with Crippen molar-refractivity contribution in [3.05, 3.63) is 47.7 Å². The van der Waals surface area contributed by atoms with Gasteiger partial charge in [-0.1, -0.05) is 19.1 Å². The third-order valence-corrected chi connectivity index (χ3v) is 7.05. The molecule has 1 saturated carbocycles. The second kappa shape index (κ2) is 8.79. The lowest BCUT2D eigenvalue weighted by atomic mass is 9.89. The number of aliphatic hydroxyl groups is 1. The highest BCUT2D eigenvalue weighted by atomic mass is 32.2. The maximum absolute atomic E-state index is 11.7. The van der Waals surface area contributed by atoms with E-state index in [1.54, 1.807) is 0 Å². The van der Waals surface area contributed by atoms with Crippen molar-refractivity contribution in [2.75, 3.05) is 23.3 Å². The molecule has 3 heterocycles. The molecule has 1 aromatic carbocycles. The third kappa shape index (κ3) is 5.04. The molecule has 0 unspecified atom stereocenters. The van der Waals surface area contributed by atoms with Gasteiger partial charge in [0.25, 0.3) is 0 Å². The predicted molar refractivity (Wildman–Crippen MR) is 128 cm³/mol. The van der Waals surface area contributed by atoms with Crippen LogP contribution in [0.1, 0.15) is 37.4 Å². The molecule has 0 bridgehead atoms. The van der Waals surface area contributed by atoms with Crippen molar-refractivity contribution >= 4 is 35.0 Å². The summed E-state index contributed by atoms with van der Waals surface area (Å²) in [5.41, 5.74) is 1.38. The van der Waals surface area contributed by atoms with E-state index < -0.39 is 5.60 Å². The molecule has 1 aliphatic carbocycles. The molecule has 2 aromatic heterocycles. The molecule has 172 valence electrons. The molecule has 0 amide bonds. The van der Waals surface area contributed by atoms with Gasteiger partial charge < -0.3 is 15.3 Å². The lowest BCUT2D eigenvalue weighted by Crippen LogP contribution is -2.63. The van der Waals surface area contributed by atoms with Gasteiger partial charge in [0.15, 0.2) is 11.0 Å². The number of carbonyl (C=O) groups is 1. The first-order valence-corrected chi connectivity index (χ1v) is 12.2. The summed E-state index contributed by atoms with van der Waals surface area (Å²) in [6, 6.07) is 11.8. The quantitative estimate of drug-likeness (QED) is 0.410. The van der Waals surface area contributed by atoms with Gasteiger partial charge in [0.1, 0.15) is 23.0 Å². The van der Waals surface area contributed by atoms with Crippen LogP contribution in [0.4, 0.5) is 17.5 Å². The number of β-amino-alcohol motifs (C(OH)–C–C–N with tert-alkyl or cyclic N) is 1. The summed E-state index contributed by atoms with van der Waals surface area (Å²) >= 11 is 1.47. The summed E-state index contributed by atoms with van der Waals surface area (Å²) in [7, 11) is 0. The zero-order valence-corrected chi connectivity index (χ0v) is 19.7. The highest BCUT2D eigenvalue weighted by molar-refractivity contribution is 7.99. The molecule has 2 aliphatic rings. The molecule has 0 atom stereocenters. The fraction of sp³-hybridized carbons (Fsp3) is 0.417. The average molecular weight is 465 g/mol. The zero-order chi connectivity index (χ0) is 23.0. The summed E-state index contributed by atoms with van der Waals surface area (Å²) < 4.78 is 0. The molecule has 9 heteroatoms. The van der Waals surface area contributed by atoms with Crippen LogP contribution in [0, 0.1) is 12.8 Å². The Bertz CT molecular complexity index is 1150. The number of benzene rings is 1. The highest BCUT2D eigenvalue weighted by Gasteiger charge is 2.52. The van der Waals surface area contributed by atoms with Gasteiger partial charge >= 0.3 is 0 Å². The van der Waals surface area contributed by atoms with E-state index in [4.69, 9.17) is 4.98 Å². The van der Waals surface area contributed by atoms with E-state index in [0.717, 1.165) is 34.8 Å². The van der Waals surface area contributed by atoms with E-state index in [9.17, 15) is 9.90 Å². The molecular formula is C24H28N6O2S. The monoisotopic (exact) mass is 464 g/mol. The number of hydrogen-bond donors (Lipinski definition) is 3. The second-order valence-corrected chi connectivity index (χ2v) is 10.0. The van der Waals surface area contributed by atoms with Crippen molar-refractivity contribution in [3.8, 4) is 0 Å². The van der Waals surface area contributed by atoms with Gasteiger partial charge in [-0.25, -0.2) is 9.97 Å². The van der Waals surface area contributed by atoms with Crippen molar-refractivity contribution in [2.24, 2.45) is 5.92 Å². The summed E-state index contributed by atoms with van der Waals surface area (Å²) in [4.78, 5) is 24.3. The maximum atomic E-state index is 11.7. The Morgan fingerprint density at radius 2 is 1.97 bits per heavy atom. The zero-order valence-electron chi connectivity index (χ0n) is 18.8. The standard InChI is InChI=1S/C24H28N6O2S/c1-3-18(31)11-16-4-8-19(9-5-16)33-23-26-20(25-21-10-15(2)28-29-21)12-22(27-23)30-13-24(32,14-30)17-6-7-17/h4-5,8-10,12,17,32H,3,6-7,11,13-14H2,1-2H3,(H2,25,26,27,28,29). The number of aryl methyl sites for hydroxylation is 1. The number of hydrogen-bond acceptors (Lipinski definition) is 8. The van der Waals surface area contributed by atoms with Crippen LogP contribution in [-0.2, 0) is 11.2 Å². The van der Waals surface area contributed by atoms with E-state index in [1.807, 2.05) is 50.2 Å². The molecule has 1 aliphatic heterocycles. The number of aromatic amines is 1. The molecule has 5 rings (SSSR count). The van der Waals surface area contributed by atoms with Crippen molar-refractivity contribution in [1.29, 1.82) is 0 Å². The van der Waals surface area contributed by atoms with Crippen LogP contribution in [0.2, 0.25) is 0 Å². The van der Waals surface area contributed by atoms with Gasteiger partial charge in [-0.05, 0) is 55.1 Å². The number of anilines is 3. The Kier molecular flexibility index (Phi) is 5.84.